The lowest BCUT2D eigenvalue weighted by atomic mass is 10.2. The lowest BCUT2D eigenvalue weighted by Crippen LogP contribution is -2.32. The van der Waals surface area contributed by atoms with E-state index >= 15 is 0 Å². The van der Waals surface area contributed by atoms with Gasteiger partial charge in [0.15, 0.2) is 5.82 Å². The van der Waals surface area contributed by atoms with Crippen molar-refractivity contribution in [3.05, 3.63) is 28.3 Å². The van der Waals surface area contributed by atoms with Gasteiger partial charge in [-0.1, -0.05) is 5.16 Å². The number of hydrogen-bond acceptors (Lipinski definition) is 7. The van der Waals surface area contributed by atoms with E-state index in [1.807, 2.05) is 5.38 Å². The Hall–Kier alpha value is -1.96. The molecule has 20 heavy (non-hydrogen) atoms. The fourth-order valence-electron chi connectivity index (χ4n) is 1.37. The number of ether oxygens (including phenoxy) is 1. The molecule has 0 fully saturated rings. The number of rotatable bonds is 4. The van der Waals surface area contributed by atoms with E-state index in [4.69, 9.17) is 9.26 Å². The van der Waals surface area contributed by atoms with Crippen molar-refractivity contribution in [2.75, 3.05) is 0 Å². The van der Waals surface area contributed by atoms with Gasteiger partial charge in [-0.2, -0.15) is 4.98 Å². The van der Waals surface area contributed by atoms with Crippen LogP contribution in [0.5, 0.6) is 0 Å². The second-order valence-corrected chi connectivity index (χ2v) is 6.04. The van der Waals surface area contributed by atoms with Gasteiger partial charge in [0.25, 0.3) is 0 Å². The van der Waals surface area contributed by atoms with Crippen LogP contribution in [0.25, 0.3) is 0 Å². The van der Waals surface area contributed by atoms with E-state index in [2.05, 4.69) is 20.4 Å². The molecule has 2 rings (SSSR count). The second-order valence-electron chi connectivity index (χ2n) is 5.06. The molecule has 1 amide bonds. The minimum absolute atomic E-state index is 0.139. The third kappa shape index (κ3) is 4.61. The normalized spacial score (nSPS) is 11.3. The summed E-state index contributed by atoms with van der Waals surface area (Å²) in [6.07, 6.45) is 1.73. The van der Waals surface area contributed by atoms with Crippen molar-refractivity contribution in [2.24, 2.45) is 0 Å². The van der Waals surface area contributed by atoms with Crippen molar-refractivity contribution >= 4 is 17.4 Å². The average molecular weight is 296 g/mol. The van der Waals surface area contributed by atoms with E-state index in [1.54, 1.807) is 27.0 Å². The molecule has 0 spiro atoms. The van der Waals surface area contributed by atoms with Gasteiger partial charge in [0, 0.05) is 11.6 Å². The Morgan fingerprint density at radius 1 is 1.50 bits per heavy atom. The van der Waals surface area contributed by atoms with E-state index < -0.39 is 11.7 Å². The van der Waals surface area contributed by atoms with Gasteiger partial charge < -0.3 is 14.6 Å². The number of nitrogens with zero attached hydrogens (tertiary/aromatic N) is 3. The SMILES string of the molecule is CC(C)(C)OC(=O)NCc1nc(Cc2nccs2)no1. The smallest absolute Gasteiger partial charge is 0.408 e. The summed E-state index contributed by atoms with van der Waals surface area (Å²) in [6, 6.07) is 0. The van der Waals surface area contributed by atoms with Crippen LogP contribution in [0.4, 0.5) is 4.79 Å². The molecule has 0 saturated heterocycles. The fourth-order valence-corrected chi connectivity index (χ4v) is 1.98. The Labute approximate surface area is 120 Å². The maximum absolute atomic E-state index is 11.5. The van der Waals surface area contributed by atoms with Crippen LogP contribution < -0.4 is 5.32 Å². The molecular formula is C12H16N4O3S. The molecule has 0 unspecified atom stereocenters. The van der Waals surface area contributed by atoms with Gasteiger partial charge in [0.1, 0.15) is 17.2 Å². The Morgan fingerprint density at radius 3 is 2.95 bits per heavy atom. The third-order valence-electron chi connectivity index (χ3n) is 2.09. The highest BCUT2D eigenvalue weighted by atomic mass is 32.1. The van der Waals surface area contributed by atoms with Gasteiger partial charge in [-0.25, -0.2) is 9.78 Å². The summed E-state index contributed by atoms with van der Waals surface area (Å²) in [6.45, 7) is 5.53. The van der Waals surface area contributed by atoms with Crippen LogP contribution in [0.1, 0.15) is 37.5 Å². The number of hydrogen-bond donors (Lipinski definition) is 1. The second kappa shape index (κ2) is 6.00. The number of aromatic nitrogens is 3. The number of carbonyl (C=O) groups is 1. The summed E-state index contributed by atoms with van der Waals surface area (Å²) in [7, 11) is 0. The Balaban J connectivity index is 1.82. The van der Waals surface area contributed by atoms with E-state index in [1.165, 1.54) is 11.3 Å². The van der Waals surface area contributed by atoms with Crippen molar-refractivity contribution in [3.63, 3.8) is 0 Å². The van der Waals surface area contributed by atoms with Crippen LogP contribution >= 0.6 is 11.3 Å². The first kappa shape index (κ1) is 14.4. The number of amides is 1. The molecule has 0 aliphatic rings. The first-order valence-corrected chi connectivity index (χ1v) is 6.97. The maximum atomic E-state index is 11.5. The Morgan fingerprint density at radius 2 is 2.30 bits per heavy atom. The van der Waals surface area contributed by atoms with Crippen LogP contribution in [-0.2, 0) is 17.7 Å². The van der Waals surface area contributed by atoms with Crippen molar-refractivity contribution in [3.8, 4) is 0 Å². The van der Waals surface area contributed by atoms with Crippen LogP contribution in [0, 0.1) is 0 Å². The van der Waals surface area contributed by atoms with Crippen molar-refractivity contribution in [1.82, 2.24) is 20.4 Å². The highest BCUT2D eigenvalue weighted by Gasteiger charge is 2.16. The summed E-state index contributed by atoms with van der Waals surface area (Å²) >= 11 is 1.53. The highest BCUT2D eigenvalue weighted by molar-refractivity contribution is 7.09. The summed E-state index contributed by atoms with van der Waals surface area (Å²) in [5.74, 6) is 0.878. The minimum atomic E-state index is -0.533. The molecular weight excluding hydrogens is 280 g/mol. The number of alkyl carbamates (subject to hydrolysis) is 1. The standard InChI is InChI=1S/C12H16N4O3S/c1-12(2,3)18-11(17)14-7-9-15-8(16-19-9)6-10-13-4-5-20-10/h4-5H,6-7H2,1-3H3,(H,14,17). The molecule has 0 atom stereocenters. The van der Waals surface area contributed by atoms with E-state index in [0.29, 0.717) is 18.1 Å². The molecule has 0 aliphatic carbocycles. The Bertz CT molecular complexity index is 560. The molecule has 7 nitrogen and oxygen atoms in total. The van der Waals surface area contributed by atoms with Gasteiger partial charge in [-0.05, 0) is 20.8 Å². The van der Waals surface area contributed by atoms with Crippen LogP contribution in [0.3, 0.4) is 0 Å². The molecule has 0 aromatic carbocycles. The number of thiazole rings is 1. The molecule has 0 radical (unpaired) electrons. The predicted molar refractivity (Wildman–Crippen MR) is 72.3 cm³/mol. The zero-order chi connectivity index (χ0) is 14.6. The van der Waals surface area contributed by atoms with E-state index in [9.17, 15) is 4.79 Å². The van der Waals surface area contributed by atoms with E-state index in [-0.39, 0.29) is 6.54 Å². The summed E-state index contributed by atoms with van der Waals surface area (Å²) in [5, 5.41) is 9.19. The van der Waals surface area contributed by atoms with Gasteiger partial charge >= 0.3 is 6.09 Å². The molecule has 2 aromatic heterocycles. The van der Waals surface area contributed by atoms with Gasteiger partial charge in [0.2, 0.25) is 5.89 Å². The topological polar surface area (TPSA) is 90.1 Å². The van der Waals surface area contributed by atoms with Crippen LogP contribution in [0.2, 0.25) is 0 Å². The van der Waals surface area contributed by atoms with Gasteiger partial charge in [-0.3, -0.25) is 0 Å². The summed E-state index contributed by atoms with van der Waals surface area (Å²) in [4.78, 5) is 19.8. The highest BCUT2D eigenvalue weighted by Crippen LogP contribution is 2.10. The summed E-state index contributed by atoms with van der Waals surface area (Å²) in [5.41, 5.74) is -0.533. The lowest BCUT2D eigenvalue weighted by Gasteiger charge is -2.19. The monoisotopic (exact) mass is 296 g/mol. The first-order chi connectivity index (χ1) is 9.42. The molecule has 0 saturated carbocycles. The molecule has 0 aliphatic heterocycles. The largest absolute Gasteiger partial charge is 0.444 e. The van der Waals surface area contributed by atoms with Crippen molar-refractivity contribution in [1.29, 1.82) is 0 Å². The van der Waals surface area contributed by atoms with E-state index in [0.717, 1.165) is 5.01 Å². The van der Waals surface area contributed by atoms with Gasteiger partial charge in [-0.15, -0.1) is 11.3 Å². The molecule has 108 valence electrons. The average Bonchev–Trinajstić information content (AvgIpc) is 2.96. The summed E-state index contributed by atoms with van der Waals surface area (Å²) < 4.78 is 10.1. The zero-order valence-electron chi connectivity index (χ0n) is 11.5. The van der Waals surface area contributed by atoms with Crippen LogP contribution in [0.15, 0.2) is 16.1 Å². The maximum Gasteiger partial charge on any atom is 0.408 e. The molecule has 2 aromatic rings. The van der Waals surface area contributed by atoms with Crippen molar-refractivity contribution < 1.29 is 14.1 Å². The van der Waals surface area contributed by atoms with Crippen LogP contribution in [-0.4, -0.2) is 26.8 Å². The number of nitrogens with one attached hydrogen (secondary N) is 1. The molecule has 8 heteroatoms. The zero-order valence-corrected chi connectivity index (χ0v) is 12.4. The first-order valence-electron chi connectivity index (χ1n) is 6.09. The van der Waals surface area contributed by atoms with Gasteiger partial charge in [0.05, 0.1) is 6.42 Å². The lowest BCUT2D eigenvalue weighted by molar-refractivity contribution is 0.0518. The third-order valence-corrected chi connectivity index (χ3v) is 2.87. The number of carbonyl (C=O) groups excluding carboxylic acids is 1. The minimum Gasteiger partial charge on any atom is -0.444 e. The van der Waals surface area contributed by atoms with Crippen molar-refractivity contribution in [2.45, 2.75) is 39.3 Å². The molecule has 0 bridgehead atoms. The molecule has 2 heterocycles. The predicted octanol–water partition coefficient (Wildman–Crippen LogP) is 2.14. The quantitative estimate of drug-likeness (QED) is 0.929. The fraction of sp³-hybridized carbons (Fsp3) is 0.500. The Kier molecular flexibility index (Phi) is 4.33. The molecule has 1 N–H and O–H groups in total.